The van der Waals surface area contributed by atoms with Crippen LogP contribution in [0.4, 0.5) is 0 Å². The number of nitrogens with one attached hydrogen (secondary N) is 1. The number of nitrogens with zero attached hydrogens (tertiary/aromatic N) is 1. The molecule has 0 aliphatic carbocycles. The minimum Gasteiger partial charge on any atom is -0.381 e. The second kappa shape index (κ2) is 6.80. The highest BCUT2D eigenvalue weighted by Gasteiger charge is 2.20. The van der Waals surface area contributed by atoms with Gasteiger partial charge in [0.2, 0.25) is 0 Å². The number of hydrogen-bond acceptors (Lipinski definition) is 5. The van der Waals surface area contributed by atoms with Crippen LogP contribution < -0.4 is 5.32 Å². The van der Waals surface area contributed by atoms with Gasteiger partial charge in [-0.1, -0.05) is 6.07 Å². The summed E-state index contributed by atoms with van der Waals surface area (Å²) in [5.74, 6) is 0.655. The first-order valence-corrected chi connectivity index (χ1v) is 8.82. The lowest BCUT2D eigenvalue weighted by atomic mass is 10.1. The van der Waals surface area contributed by atoms with Crippen LogP contribution in [0.15, 0.2) is 22.9 Å². The molecule has 2 atom stereocenters. The Labute approximate surface area is 128 Å². The Kier molecular flexibility index (Phi) is 4.83. The zero-order chi connectivity index (χ0) is 13.8. The molecule has 3 rings (SSSR count). The lowest BCUT2D eigenvalue weighted by molar-refractivity contribution is 0.184. The van der Waals surface area contributed by atoms with Gasteiger partial charge < -0.3 is 10.1 Å². The van der Waals surface area contributed by atoms with Gasteiger partial charge in [-0.05, 0) is 30.7 Å². The highest BCUT2D eigenvalue weighted by atomic mass is 32.1. The van der Waals surface area contributed by atoms with Crippen molar-refractivity contribution in [1.82, 2.24) is 10.3 Å². The van der Waals surface area contributed by atoms with Crippen molar-refractivity contribution < 1.29 is 4.74 Å². The van der Waals surface area contributed by atoms with E-state index in [9.17, 15) is 0 Å². The fraction of sp³-hybridized carbons (Fsp3) is 0.533. The summed E-state index contributed by atoms with van der Waals surface area (Å²) in [5.41, 5.74) is 1.12. The summed E-state index contributed by atoms with van der Waals surface area (Å²) >= 11 is 3.58. The average molecular weight is 308 g/mol. The molecule has 0 spiro atoms. The normalized spacial score (nSPS) is 20.4. The van der Waals surface area contributed by atoms with Crippen molar-refractivity contribution in [3.63, 3.8) is 0 Å². The van der Waals surface area contributed by atoms with Gasteiger partial charge in [-0.25, -0.2) is 4.98 Å². The van der Waals surface area contributed by atoms with Crippen molar-refractivity contribution in [1.29, 1.82) is 0 Å². The summed E-state index contributed by atoms with van der Waals surface area (Å²) in [4.78, 5) is 6.08. The van der Waals surface area contributed by atoms with Gasteiger partial charge in [0.25, 0.3) is 0 Å². The number of thiophene rings is 1. The predicted octanol–water partition coefficient (Wildman–Crippen LogP) is 3.42. The van der Waals surface area contributed by atoms with Crippen LogP contribution in [0.3, 0.4) is 0 Å². The summed E-state index contributed by atoms with van der Waals surface area (Å²) in [7, 11) is 0. The van der Waals surface area contributed by atoms with Gasteiger partial charge in [-0.2, -0.15) is 0 Å². The molecule has 2 unspecified atom stereocenters. The Hall–Kier alpha value is -0.750. The summed E-state index contributed by atoms with van der Waals surface area (Å²) in [6.45, 7) is 4.90. The maximum Gasteiger partial charge on any atom is 0.110 e. The fourth-order valence-electron chi connectivity index (χ4n) is 2.46. The van der Waals surface area contributed by atoms with Crippen LogP contribution in [0.1, 0.15) is 28.0 Å². The van der Waals surface area contributed by atoms with Crippen LogP contribution in [0.25, 0.3) is 0 Å². The molecule has 0 saturated carbocycles. The first-order valence-electron chi connectivity index (χ1n) is 7.07. The van der Waals surface area contributed by atoms with Crippen molar-refractivity contribution in [2.75, 3.05) is 19.8 Å². The molecule has 3 nitrogen and oxygen atoms in total. The standard InChI is InChI=1S/C15H20N2OS2/c1-11-10-20-15(17-11)14(7-13-3-2-6-19-13)16-8-12-4-5-18-9-12/h2-3,6,10,12,14,16H,4-5,7-9H2,1H3. The Morgan fingerprint density at radius 2 is 2.45 bits per heavy atom. The quantitative estimate of drug-likeness (QED) is 0.888. The third-order valence-corrected chi connectivity index (χ3v) is 5.57. The predicted molar refractivity (Wildman–Crippen MR) is 84.5 cm³/mol. The molecule has 1 aliphatic rings. The van der Waals surface area contributed by atoms with E-state index in [2.05, 4.69) is 40.1 Å². The van der Waals surface area contributed by atoms with E-state index in [1.165, 1.54) is 16.3 Å². The number of ether oxygens (including phenoxy) is 1. The molecule has 2 aromatic heterocycles. The SMILES string of the molecule is Cc1csc(C(Cc2cccs2)NCC2CCOC2)n1. The Morgan fingerprint density at radius 1 is 1.50 bits per heavy atom. The first-order chi connectivity index (χ1) is 9.81. The van der Waals surface area contributed by atoms with Gasteiger partial charge in [0.05, 0.1) is 12.6 Å². The Balaban J connectivity index is 1.65. The molecular weight excluding hydrogens is 288 g/mol. The number of hydrogen-bond donors (Lipinski definition) is 1. The van der Waals surface area contributed by atoms with E-state index in [4.69, 9.17) is 4.74 Å². The Bertz CT molecular complexity index is 518. The molecule has 0 radical (unpaired) electrons. The van der Waals surface area contributed by atoms with E-state index in [1.54, 1.807) is 11.3 Å². The largest absolute Gasteiger partial charge is 0.381 e. The van der Waals surface area contributed by atoms with E-state index < -0.39 is 0 Å². The molecule has 1 N–H and O–H groups in total. The molecule has 0 aromatic carbocycles. The number of aromatic nitrogens is 1. The van der Waals surface area contributed by atoms with Crippen LogP contribution in [-0.2, 0) is 11.2 Å². The van der Waals surface area contributed by atoms with Crippen LogP contribution in [0.2, 0.25) is 0 Å². The second-order valence-electron chi connectivity index (χ2n) is 5.30. The molecule has 108 valence electrons. The monoisotopic (exact) mass is 308 g/mol. The van der Waals surface area contributed by atoms with Crippen molar-refractivity contribution in [2.45, 2.75) is 25.8 Å². The van der Waals surface area contributed by atoms with Crippen molar-refractivity contribution >= 4 is 22.7 Å². The molecule has 0 amide bonds. The fourth-order valence-corrected chi connectivity index (χ4v) is 4.09. The minimum atomic E-state index is 0.327. The molecule has 5 heteroatoms. The van der Waals surface area contributed by atoms with Crippen molar-refractivity contribution in [2.24, 2.45) is 5.92 Å². The van der Waals surface area contributed by atoms with Gasteiger partial charge in [0.1, 0.15) is 5.01 Å². The maximum absolute atomic E-state index is 5.45. The summed E-state index contributed by atoms with van der Waals surface area (Å²) < 4.78 is 5.45. The van der Waals surface area contributed by atoms with Crippen LogP contribution >= 0.6 is 22.7 Å². The van der Waals surface area contributed by atoms with Crippen molar-refractivity contribution in [3.05, 3.63) is 38.5 Å². The molecule has 20 heavy (non-hydrogen) atoms. The topological polar surface area (TPSA) is 34.1 Å². The molecule has 1 aliphatic heterocycles. The number of aryl methyl sites for hydroxylation is 1. The molecular formula is C15H20N2OS2. The third kappa shape index (κ3) is 3.67. The van der Waals surface area contributed by atoms with Gasteiger partial charge in [-0.15, -0.1) is 22.7 Å². The zero-order valence-corrected chi connectivity index (χ0v) is 13.3. The number of rotatable bonds is 6. The van der Waals surface area contributed by atoms with Gasteiger partial charge in [-0.3, -0.25) is 0 Å². The van der Waals surface area contributed by atoms with Crippen LogP contribution in [0, 0.1) is 12.8 Å². The first kappa shape index (κ1) is 14.2. The molecule has 0 bridgehead atoms. The molecule has 1 saturated heterocycles. The van der Waals surface area contributed by atoms with Gasteiger partial charge >= 0.3 is 0 Å². The minimum absolute atomic E-state index is 0.327. The smallest absolute Gasteiger partial charge is 0.110 e. The zero-order valence-electron chi connectivity index (χ0n) is 11.7. The lowest BCUT2D eigenvalue weighted by Gasteiger charge is -2.18. The molecule has 2 aromatic rings. The second-order valence-corrected chi connectivity index (χ2v) is 7.22. The summed E-state index contributed by atoms with van der Waals surface area (Å²) in [6.07, 6.45) is 2.20. The van der Waals surface area contributed by atoms with E-state index in [1.807, 2.05) is 11.3 Å². The summed E-state index contributed by atoms with van der Waals surface area (Å²) in [6, 6.07) is 4.65. The van der Waals surface area contributed by atoms with E-state index in [0.717, 1.165) is 31.9 Å². The molecule has 3 heterocycles. The van der Waals surface area contributed by atoms with Crippen LogP contribution in [-0.4, -0.2) is 24.7 Å². The molecule has 1 fully saturated rings. The van der Waals surface area contributed by atoms with Crippen molar-refractivity contribution in [3.8, 4) is 0 Å². The van der Waals surface area contributed by atoms with E-state index >= 15 is 0 Å². The third-order valence-electron chi connectivity index (χ3n) is 3.60. The Morgan fingerprint density at radius 3 is 3.10 bits per heavy atom. The maximum atomic E-state index is 5.45. The van der Waals surface area contributed by atoms with E-state index in [-0.39, 0.29) is 0 Å². The van der Waals surface area contributed by atoms with Gasteiger partial charge in [0.15, 0.2) is 0 Å². The van der Waals surface area contributed by atoms with Gasteiger partial charge in [0, 0.05) is 35.5 Å². The highest BCUT2D eigenvalue weighted by Crippen LogP contribution is 2.25. The highest BCUT2D eigenvalue weighted by molar-refractivity contribution is 7.10. The number of thiazole rings is 1. The average Bonchev–Trinajstić information content (AvgIpc) is 3.17. The van der Waals surface area contributed by atoms with E-state index in [0.29, 0.717) is 12.0 Å². The lowest BCUT2D eigenvalue weighted by Crippen LogP contribution is -2.29. The summed E-state index contributed by atoms with van der Waals surface area (Å²) in [5, 5.41) is 9.19. The van der Waals surface area contributed by atoms with Crippen LogP contribution in [0.5, 0.6) is 0 Å².